The number of hydrogen-bond donors (Lipinski definition) is 2. The quantitative estimate of drug-likeness (QED) is 0.857. The molecule has 0 aliphatic heterocycles. The molecule has 0 radical (unpaired) electrons. The minimum absolute atomic E-state index is 0.116. The van der Waals surface area contributed by atoms with E-state index < -0.39 is 6.04 Å². The molecule has 4 nitrogen and oxygen atoms in total. The van der Waals surface area contributed by atoms with Crippen LogP contribution in [0.2, 0.25) is 0 Å². The van der Waals surface area contributed by atoms with E-state index in [1.807, 2.05) is 58.0 Å². The molecule has 2 unspecified atom stereocenters. The fourth-order valence-electron chi connectivity index (χ4n) is 1.79. The SMILES string of the molecule is CCC(C)C(N)C(=O)Nc1ccc(N(C)C)cc1C. The van der Waals surface area contributed by atoms with Crippen LogP contribution in [0.1, 0.15) is 25.8 Å². The topological polar surface area (TPSA) is 58.4 Å². The Morgan fingerprint density at radius 1 is 1.42 bits per heavy atom. The molecule has 0 aliphatic carbocycles. The third-order valence-electron chi connectivity index (χ3n) is 3.54. The van der Waals surface area contributed by atoms with Crippen molar-refractivity contribution in [3.63, 3.8) is 0 Å². The van der Waals surface area contributed by atoms with Gasteiger partial charge in [-0.15, -0.1) is 0 Å². The highest BCUT2D eigenvalue weighted by Crippen LogP contribution is 2.21. The van der Waals surface area contributed by atoms with Crippen molar-refractivity contribution in [3.8, 4) is 0 Å². The zero-order valence-electron chi connectivity index (χ0n) is 12.5. The second kappa shape index (κ2) is 6.57. The first-order valence-corrected chi connectivity index (χ1v) is 6.71. The van der Waals surface area contributed by atoms with Crippen molar-refractivity contribution in [1.29, 1.82) is 0 Å². The van der Waals surface area contributed by atoms with E-state index in [0.29, 0.717) is 0 Å². The van der Waals surface area contributed by atoms with Gasteiger partial charge in [0.1, 0.15) is 0 Å². The minimum atomic E-state index is -0.460. The molecule has 106 valence electrons. The summed E-state index contributed by atoms with van der Waals surface area (Å²) in [6, 6.07) is 5.49. The standard InChI is InChI=1S/C15H25N3O/c1-6-10(2)14(16)15(19)17-13-8-7-12(18(4)5)9-11(13)3/h7-10,14H,6,16H2,1-5H3,(H,17,19). The highest BCUT2D eigenvalue weighted by molar-refractivity contribution is 5.95. The molecule has 0 aromatic heterocycles. The summed E-state index contributed by atoms with van der Waals surface area (Å²) in [5.41, 5.74) is 8.91. The van der Waals surface area contributed by atoms with Crippen molar-refractivity contribution in [3.05, 3.63) is 23.8 Å². The Hall–Kier alpha value is -1.55. The number of aryl methyl sites for hydroxylation is 1. The number of benzene rings is 1. The first-order valence-electron chi connectivity index (χ1n) is 6.71. The summed E-state index contributed by atoms with van der Waals surface area (Å²) in [5.74, 6) is 0.0661. The zero-order valence-corrected chi connectivity index (χ0v) is 12.5. The Bertz CT molecular complexity index is 443. The normalized spacial score (nSPS) is 13.8. The number of carbonyl (C=O) groups excluding carboxylic acids is 1. The Morgan fingerprint density at radius 3 is 2.53 bits per heavy atom. The molecule has 0 bridgehead atoms. The highest BCUT2D eigenvalue weighted by atomic mass is 16.2. The van der Waals surface area contributed by atoms with Gasteiger partial charge >= 0.3 is 0 Å². The van der Waals surface area contributed by atoms with Crippen LogP contribution in [0.15, 0.2) is 18.2 Å². The fraction of sp³-hybridized carbons (Fsp3) is 0.533. The molecule has 0 fully saturated rings. The van der Waals surface area contributed by atoms with Gasteiger partial charge in [0.15, 0.2) is 0 Å². The Labute approximate surface area is 116 Å². The van der Waals surface area contributed by atoms with Gasteiger partial charge in [-0.1, -0.05) is 20.3 Å². The monoisotopic (exact) mass is 263 g/mol. The van der Waals surface area contributed by atoms with E-state index in [9.17, 15) is 4.79 Å². The molecule has 3 N–H and O–H groups in total. The average Bonchev–Trinajstić information content (AvgIpc) is 2.38. The predicted octanol–water partition coefficient (Wildman–Crippen LogP) is 2.37. The lowest BCUT2D eigenvalue weighted by molar-refractivity contribution is -0.118. The Kier molecular flexibility index (Phi) is 5.36. The molecule has 1 rings (SSSR count). The average molecular weight is 263 g/mol. The number of amides is 1. The van der Waals surface area contributed by atoms with Gasteiger partial charge in [-0.2, -0.15) is 0 Å². The number of nitrogens with one attached hydrogen (secondary N) is 1. The molecule has 1 amide bonds. The Balaban J connectivity index is 2.80. The largest absolute Gasteiger partial charge is 0.378 e. The van der Waals surface area contributed by atoms with Crippen molar-refractivity contribution in [2.75, 3.05) is 24.3 Å². The molecule has 4 heteroatoms. The number of nitrogens with zero attached hydrogens (tertiary/aromatic N) is 1. The molecule has 0 aliphatic rings. The van der Waals surface area contributed by atoms with E-state index in [2.05, 4.69) is 5.32 Å². The van der Waals surface area contributed by atoms with E-state index in [-0.39, 0.29) is 11.8 Å². The third kappa shape index (κ3) is 3.96. The zero-order chi connectivity index (χ0) is 14.6. The van der Waals surface area contributed by atoms with Gasteiger partial charge in [0.2, 0.25) is 5.91 Å². The first kappa shape index (κ1) is 15.5. The molecule has 2 atom stereocenters. The third-order valence-corrected chi connectivity index (χ3v) is 3.54. The summed E-state index contributed by atoms with van der Waals surface area (Å²) in [5, 5.41) is 2.91. The summed E-state index contributed by atoms with van der Waals surface area (Å²) in [6.07, 6.45) is 0.896. The fourth-order valence-corrected chi connectivity index (χ4v) is 1.79. The smallest absolute Gasteiger partial charge is 0.241 e. The van der Waals surface area contributed by atoms with Crippen LogP contribution in [-0.2, 0) is 4.79 Å². The lowest BCUT2D eigenvalue weighted by Gasteiger charge is -2.19. The molecule has 0 saturated heterocycles. The summed E-state index contributed by atoms with van der Waals surface area (Å²) >= 11 is 0. The molecule has 19 heavy (non-hydrogen) atoms. The van der Waals surface area contributed by atoms with Gasteiger partial charge in [0.25, 0.3) is 0 Å². The first-order chi connectivity index (χ1) is 8.86. The summed E-state index contributed by atoms with van der Waals surface area (Å²) < 4.78 is 0. The van der Waals surface area contributed by atoms with Gasteiger partial charge in [-0.05, 0) is 36.6 Å². The molecule has 1 aromatic rings. The second-order valence-electron chi connectivity index (χ2n) is 5.29. The predicted molar refractivity (Wildman–Crippen MR) is 81.6 cm³/mol. The van der Waals surface area contributed by atoms with Gasteiger partial charge in [0.05, 0.1) is 6.04 Å². The van der Waals surface area contributed by atoms with Crippen LogP contribution in [0.4, 0.5) is 11.4 Å². The molecule has 0 saturated carbocycles. The summed E-state index contributed by atoms with van der Waals surface area (Å²) in [4.78, 5) is 14.1. The Morgan fingerprint density at radius 2 is 2.05 bits per heavy atom. The molecule has 0 spiro atoms. The van der Waals surface area contributed by atoms with Crippen LogP contribution in [0, 0.1) is 12.8 Å². The summed E-state index contributed by atoms with van der Waals surface area (Å²) in [6.45, 7) is 6.01. The van der Waals surface area contributed by atoms with E-state index in [1.165, 1.54) is 0 Å². The molecular formula is C15H25N3O. The van der Waals surface area contributed by atoms with Crippen LogP contribution < -0.4 is 16.0 Å². The number of carbonyl (C=O) groups is 1. The van der Waals surface area contributed by atoms with Gasteiger partial charge < -0.3 is 16.0 Å². The van der Waals surface area contributed by atoms with Crippen molar-refractivity contribution in [2.24, 2.45) is 11.7 Å². The summed E-state index contributed by atoms with van der Waals surface area (Å²) in [7, 11) is 3.98. The molecular weight excluding hydrogens is 238 g/mol. The maximum atomic E-state index is 12.0. The van der Waals surface area contributed by atoms with E-state index in [0.717, 1.165) is 23.4 Å². The van der Waals surface area contributed by atoms with Crippen LogP contribution in [0.25, 0.3) is 0 Å². The highest BCUT2D eigenvalue weighted by Gasteiger charge is 2.19. The maximum absolute atomic E-state index is 12.0. The second-order valence-corrected chi connectivity index (χ2v) is 5.29. The number of hydrogen-bond acceptors (Lipinski definition) is 3. The van der Waals surface area contributed by atoms with Crippen molar-refractivity contribution in [2.45, 2.75) is 33.2 Å². The van der Waals surface area contributed by atoms with E-state index >= 15 is 0 Å². The van der Waals surface area contributed by atoms with Crippen LogP contribution in [0.3, 0.4) is 0 Å². The maximum Gasteiger partial charge on any atom is 0.241 e. The van der Waals surface area contributed by atoms with E-state index in [4.69, 9.17) is 5.73 Å². The number of anilines is 2. The molecule has 1 aromatic carbocycles. The van der Waals surface area contributed by atoms with Crippen LogP contribution >= 0.6 is 0 Å². The van der Waals surface area contributed by atoms with Crippen LogP contribution in [-0.4, -0.2) is 26.0 Å². The molecule has 0 heterocycles. The van der Waals surface area contributed by atoms with Crippen LogP contribution in [0.5, 0.6) is 0 Å². The lowest BCUT2D eigenvalue weighted by Crippen LogP contribution is -2.40. The van der Waals surface area contributed by atoms with Gasteiger partial charge in [-0.3, -0.25) is 4.79 Å². The minimum Gasteiger partial charge on any atom is -0.378 e. The number of rotatable bonds is 5. The lowest BCUT2D eigenvalue weighted by atomic mass is 9.99. The van der Waals surface area contributed by atoms with Crippen molar-refractivity contribution < 1.29 is 4.79 Å². The van der Waals surface area contributed by atoms with E-state index in [1.54, 1.807) is 0 Å². The van der Waals surface area contributed by atoms with Gasteiger partial charge in [0, 0.05) is 25.5 Å². The van der Waals surface area contributed by atoms with Crippen molar-refractivity contribution >= 4 is 17.3 Å². The van der Waals surface area contributed by atoms with Gasteiger partial charge in [-0.25, -0.2) is 0 Å². The van der Waals surface area contributed by atoms with Crippen molar-refractivity contribution in [1.82, 2.24) is 0 Å². The number of nitrogens with two attached hydrogens (primary N) is 1.